The van der Waals surface area contributed by atoms with Gasteiger partial charge in [-0.2, -0.15) is 0 Å². The molecule has 1 rings (SSSR count). The van der Waals surface area contributed by atoms with Crippen molar-refractivity contribution in [3.8, 4) is 0 Å². The quantitative estimate of drug-likeness (QED) is 0.730. The van der Waals surface area contributed by atoms with Crippen LogP contribution in [0.1, 0.15) is 34.6 Å². The van der Waals surface area contributed by atoms with Crippen molar-refractivity contribution in [1.29, 1.82) is 0 Å². The van der Waals surface area contributed by atoms with Crippen LogP contribution in [0.15, 0.2) is 23.5 Å². The Morgan fingerprint density at radius 1 is 1.36 bits per heavy atom. The Kier molecular flexibility index (Phi) is 6.09. The largest absolute Gasteiger partial charge is 0.385 e. The third-order valence-electron chi connectivity index (χ3n) is 1.72. The average Bonchev–Trinajstić information content (AvgIpc) is 2.04. The van der Waals surface area contributed by atoms with E-state index in [1.54, 1.807) is 0 Å². The highest BCUT2D eigenvalue weighted by molar-refractivity contribution is 5.25. The Balaban J connectivity index is 0.000000791. The Bertz CT molecular complexity index is 214. The standard InChI is InChI=1S/C10H18N2.C2H6/c1-8(2)11-10-5-9(3)6-12(4)7-10;1-2/h5-6,8,11H,7H2,1-4H3;1-2H3. The van der Waals surface area contributed by atoms with Gasteiger partial charge in [0.1, 0.15) is 0 Å². The molecule has 0 aromatic carbocycles. The van der Waals surface area contributed by atoms with Crippen LogP contribution in [-0.4, -0.2) is 24.5 Å². The molecule has 2 nitrogen and oxygen atoms in total. The minimum absolute atomic E-state index is 0.524. The number of hydrogen-bond acceptors (Lipinski definition) is 2. The van der Waals surface area contributed by atoms with E-state index in [4.69, 9.17) is 0 Å². The van der Waals surface area contributed by atoms with Gasteiger partial charge in [-0.25, -0.2) is 0 Å². The van der Waals surface area contributed by atoms with Gasteiger partial charge in [-0.3, -0.25) is 0 Å². The lowest BCUT2D eigenvalue weighted by Gasteiger charge is -2.24. The second-order valence-corrected chi connectivity index (χ2v) is 3.76. The minimum atomic E-state index is 0.524. The first kappa shape index (κ1) is 13.1. The number of likely N-dealkylation sites (N-methyl/N-ethyl adjacent to an activating group) is 1. The predicted molar refractivity (Wildman–Crippen MR) is 64.1 cm³/mol. The fourth-order valence-corrected chi connectivity index (χ4v) is 1.48. The van der Waals surface area contributed by atoms with E-state index in [0.29, 0.717) is 6.04 Å². The first-order valence-electron chi connectivity index (χ1n) is 5.43. The maximum atomic E-state index is 3.42. The molecule has 0 atom stereocenters. The van der Waals surface area contributed by atoms with Crippen LogP contribution in [0.2, 0.25) is 0 Å². The number of rotatable bonds is 2. The third-order valence-corrected chi connectivity index (χ3v) is 1.72. The van der Waals surface area contributed by atoms with E-state index < -0.39 is 0 Å². The molecule has 0 aromatic heterocycles. The van der Waals surface area contributed by atoms with Crippen LogP contribution >= 0.6 is 0 Å². The summed E-state index contributed by atoms with van der Waals surface area (Å²) in [4.78, 5) is 2.19. The van der Waals surface area contributed by atoms with Crippen molar-refractivity contribution in [3.05, 3.63) is 23.5 Å². The number of nitrogens with zero attached hydrogens (tertiary/aromatic N) is 1. The summed E-state index contributed by atoms with van der Waals surface area (Å²) in [5.74, 6) is 0. The molecule has 0 saturated carbocycles. The van der Waals surface area contributed by atoms with E-state index >= 15 is 0 Å². The van der Waals surface area contributed by atoms with E-state index in [1.807, 2.05) is 13.8 Å². The molecule has 1 aliphatic rings. The number of hydrogen-bond donors (Lipinski definition) is 1. The Hall–Kier alpha value is -0.920. The van der Waals surface area contributed by atoms with Crippen LogP contribution in [0.5, 0.6) is 0 Å². The van der Waals surface area contributed by atoms with Crippen molar-refractivity contribution in [2.75, 3.05) is 13.6 Å². The summed E-state index contributed by atoms with van der Waals surface area (Å²) < 4.78 is 0. The molecule has 0 fully saturated rings. The summed E-state index contributed by atoms with van der Waals surface area (Å²) in [6, 6.07) is 0.524. The van der Waals surface area contributed by atoms with Crippen molar-refractivity contribution in [1.82, 2.24) is 10.2 Å². The zero-order chi connectivity index (χ0) is 11.1. The summed E-state index contributed by atoms with van der Waals surface area (Å²) in [6.45, 7) is 11.4. The van der Waals surface area contributed by atoms with Crippen molar-refractivity contribution in [3.63, 3.8) is 0 Å². The molecule has 0 unspecified atom stereocenters. The normalized spacial score (nSPS) is 15.5. The van der Waals surface area contributed by atoms with E-state index in [2.05, 4.69) is 50.3 Å². The molecule has 0 radical (unpaired) electrons. The van der Waals surface area contributed by atoms with E-state index in [-0.39, 0.29) is 0 Å². The first-order valence-corrected chi connectivity index (χ1v) is 5.43. The minimum Gasteiger partial charge on any atom is -0.385 e. The Labute approximate surface area is 88.7 Å². The lowest BCUT2D eigenvalue weighted by atomic mass is 10.2. The molecular weight excluding hydrogens is 172 g/mol. The van der Waals surface area contributed by atoms with E-state index in [9.17, 15) is 0 Å². The predicted octanol–water partition coefficient (Wildman–Crippen LogP) is 2.74. The SMILES string of the molecule is CC.CC1=CN(C)CC(NC(C)C)=C1. The molecule has 0 amide bonds. The highest BCUT2D eigenvalue weighted by Gasteiger charge is 2.06. The van der Waals surface area contributed by atoms with Crippen molar-refractivity contribution >= 4 is 0 Å². The van der Waals surface area contributed by atoms with E-state index in [1.165, 1.54) is 11.3 Å². The van der Waals surface area contributed by atoms with Crippen LogP contribution in [0.25, 0.3) is 0 Å². The zero-order valence-electron chi connectivity index (χ0n) is 10.4. The van der Waals surface area contributed by atoms with Crippen LogP contribution in [-0.2, 0) is 0 Å². The Morgan fingerprint density at radius 2 is 1.93 bits per heavy atom. The molecular formula is C12H24N2. The second kappa shape index (κ2) is 6.52. The summed E-state index contributed by atoms with van der Waals surface area (Å²) in [7, 11) is 2.10. The van der Waals surface area contributed by atoms with E-state index in [0.717, 1.165) is 6.54 Å². The van der Waals surface area contributed by atoms with Gasteiger partial charge in [-0.1, -0.05) is 13.8 Å². The summed E-state index contributed by atoms with van der Waals surface area (Å²) in [5, 5.41) is 3.42. The van der Waals surface area contributed by atoms with Gasteiger partial charge >= 0.3 is 0 Å². The van der Waals surface area contributed by atoms with Crippen molar-refractivity contribution in [2.24, 2.45) is 0 Å². The molecule has 0 saturated heterocycles. The van der Waals surface area contributed by atoms with Gasteiger partial charge in [-0.05, 0) is 32.4 Å². The molecule has 0 spiro atoms. The lowest BCUT2D eigenvalue weighted by molar-refractivity contribution is 0.459. The highest BCUT2D eigenvalue weighted by atomic mass is 15.1. The summed E-state index contributed by atoms with van der Waals surface area (Å²) >= 11 is 0. The maximum absolute atomic E-state index is 3.42. The fourth-order valence-electron chi connectivity index (χ4n) is 1.48. The maximum Gasteiger partial charge on any atom is 0.0568 e. The molecule has 14 heavy (non-hydrogen) atoms. The highest BCUT2D eigenvalue weighted by Crippen LogP contribution is 2.09. The monoisotopic (exact) mass is 196 g/mol. The van der Waals surface area contributed by atoms with Gasteiger partial charge in [0.25, 0.3) is 0 Å². The number of allylic oxidation sites excluding steroid dienone is 2. The zero-order valence-corrected chi connectivity index (χ0v) is 10.4. The van der Waals surface area contributed by atoms with Crippen molar-refractivity contribution < 1.29 is 0 Å². The average molecular weight is 196 g/mol. The second-order valence-electron chi connectivity index (χ2n) is 3.76. The lowest BCUT2D eigenvalue weighted by Crippen LogP contribution is -2.30. The topological polar surface area (TPSA) is 15.3 Å². The fraction of sp³-hybridized carbons (Fsp3) is 0.667. The first-order chi connectivity index (χ1) is 6.58. The number of nitrogens with one attached hydrogen (secondary N) is 1. The van der Waals surface area contributed by atoms with Gasteiger partial charge in [0.05, 0.1) is 6.54 Å². The molecule has 2 heteroatoms. The van der Waals surface area contributed by atoms with Gasteiger partial charge in [0.15, 0.2) is 0 Å². The summed E-state index contributed by atoms with van der Waals surface area (Å²) in [5.41, 5.74) is 2.62. The molecule has 1 heterocycles. The third kappa shape index (κ3) is 4.95. The van der Waals surface area contributed by atoms with Crippen molar-refractivity contribution in [2.45, 2.75) is 40.7 Å². The molecule has 0 bridgehead atoms. The van der Waals surface area contributed by atoms with Crippen LogP contribution < -0.4 is 5.32 Å². The van der Waals surface area contributed by atoms with Crippen LogP contribution in [0.3, 0.4) is 0 Å². The smallest absolute Gasteiger partial charge is 0.0568 e. The molecule has 0 aromatic rings. The molecule has 1 aliphatic heterocycles. The van der Waals surface area contributed by atoms with Gasteiger partial charge in [0, 0.05) is 25.0 Å². The molecule has 82 valence electrons. The van der Waals surface area contributed by atoms with Crippen LogP contribution in [0, 0.1) is 0 Å². The van der Waals surface area contributed by atoms with Gasteiger partial charge < -0.3 is 10.2 Å². The summed E-state index contributed by atoms with van der Waals surface area (Å²) in [6.07, 6.45) is 4.37. The molecule has 0 aliphatic carbocycles. The van der Waals surface area contributed by atoms with Crippen LogP contribution in [0.4, 0.5) is 0 Å². The Morgan fingerprint density at radius 3 is 2.36 bits per heavy atom. The molecule has 1 N–H and O–H groups in total. The van der Waals surface area contributed by atoms with Gasteiger partial charge in [0.2, 0.25) is 0 Å². The van der Waals surface area contributed by atoms with Gasteiger partial charge in [-0.15, -0.1) is 0 Å².